The molecule has 5 nitrogen and oxygen atoms in total. The van der Waals surface area contributed by atoms with Gasteiger partial charge >= 0.3 is 0 Å². The number of aromatic nitrogens is 1. The standard InChI is InChI=1S/C23H31N3O2S/c1-17-16-29-22(24-17)14-26-12-11-20-19(13-26)9-4-3-7-18-8-5-6-10-21(18)28-15-23(27)25(20)2/h5-6,8,10,16,19-20H,3-4,7,9,11-15H2,1-2H3/t19-,20+/m0/s1. The summed E-state index contributed by atoms with van der Waals surface area (Å²) in [5.41, 5.74) is 2.32. The van der Waals surface area contributed by atoms with Crippen LogP contribution in [0.25, 0.3) is 0 Å². The van der Waals surface area contributed by atoms with Crippen molar-refractivity contribution in [2.75, 3.05) is 26.7 Å². The molecule has 0 N–H and O–H groups in total. The third-order valence-electron chi connectivity index (χ3n) is 6.29. The third-order valence-corrected chi connectivity index (χ3v) is 7.24. The van der Waals surface area contributed by atoms with Crippen LogP contribution < -0.4 is 4.74 Å². The van der Waals surface area contributed by atoms with E-state index in [1.54, 1.807) is 11.3 Å². The molecule has 1 fully saturated rings. The van der Waals surface area contributed by atoms with E-state index in [9.17, 15) is 4.79 Å². The molecule has 29 heavy (non-hydrogen) atoms. The van der Waals surface area contributed by atoms with Crippen LogP contribution in [0.5, 0.6) is 5.75 Å². The van der Waals surface area contributed by atoms with Crippen molar-refractivity contribution in [3.63, 3.8) is 0 Å². The predicted molar refractivity (Wildman–Crippen MR) is 116 cm³/mol. The van der Waals surface area contributed by atoms with Crippen molar-refractivity contribution in [3.8, 4) is 5.75 Å². The molecule has 0 bridgehead atoms. The lowest BCUT2D eigenvalue weighted by Gasteiger charge is -2.42. The van der Waals surface area contributed by atoms with Gasteiger partial charge in [-0.3, -0.25) is 9.69 Å². The Balaban J connectivity index is 1.46. The molecule has 3 heterocycles. The molecule has 0 spiro atoms. The van der Waals surface area contributed by atoms with Crippen LogP contribution in [0, 0.1) is 12.8 Å². The summed E-state index contributed by atoms with van der Waals surface area (Å²) in [5.74, 6) is 1.45. The van der Waals surface area contributed by atoms with Crippen molar-refractivity contribution in [1.29, 1.82) is 0 Å². The smallest absolute Gasteiger partial charge is 0.260 e. The van der Waals surface area contributed by atoms with E-state index in [0.717, 1.165) is 50.3 Å². The molecule has 0 radical (unpaired) electrons. The van der Waals surface area contributed by atoms with Gasteiger partial charge in [-0.1, -0.05) is 24.6 Å². The second-order valence-corrected chi connectivity index (χ2v) is 9.32. The number of para-hydroxylation sites is 1. The van der Waals surface area contributed by atoms with Crippen molar-refractivity contribution in [2.24, 2.45) is 5.92 Å². The highest BCUT2D eigenvalue weighted by Gasteiger charge is 2.34. The Hall–Kier alpha value is -1.92. The molecule has 6 heteroatoms. The molecular weight excluding hydrogens is 382 g/mol. The largest absolute Gasteiger partial charge is 0.483 e. The first-order valence-electron chi connectivity index (χ1n) is 10.7. The molecule has 2 aliphatic rings. The van der Waals surface area contributed by atoms with Crippen LogP contribution in [0.4, 0.5) is 0 Å². The molecule has 1 aromatic heterocycles. The number of amides is 1. The van der Waals surface area contributed by atoms with Gasteiger partial charge in [-0.25, -0.2) is 4.98 Å². The van der Waals surface area contributed by atoms with E-state index in [1.165, 1.54) is 23.4 Å². The minimum absolute atomic E-state index is 0.0828. The molecule has 0 saturated carbocycles. The van der Waals surface area contributed by atoms with Crippen LogP contribution in [0.15, 0.2) is 29.6 Å². The van der Waals surface area contributed by atoms with Gasteiger partial charge in [0.05, 0.1) is 6.54 Å². The van der Waals surface area contributed by atoms with Crippen LogP contribution in [-0.4, -0.2) is 53.5 Å². The van der Waals surface area contributed by atoms with Crippen molar-refractivity contribution >= 4 is 17.2 Å². The summed E-state index contributed by atoms with van der Waals surface area (Å²) in [6.45, 7) is 5.16. The van der Waals surface area contributed by atoms with Crippen LogP contribution in [0.1, 0.15) is 41.9 Å². The summed E-state index contributed by atoms with van der Waals surface area (Å²) >= 11 is 1.75. The summed E-state index contributed by atoms with van der Waals surface area (Å²) in [7, 11) is 1.96. The Morgan fingerprint density at radius 2 is 2.10 bits per heavy atom. The summed E-state index contributed by atoms with van der Waals surface area (Å²) in [4.78, 5) is 22.0. The number of aryl methyl sites for hydroxylation is 2. The molecular formula is C23H31N3O2S. The lowest BCUT2D eigenvalue weighted by molar-refractivity contribution is -0.136. The van der Waals surface area contributed by atoms with Crippen LogP contribution in [-0.2, 0) is 17.8 Å². The second kappa shape index (κ2) is 9.26. The number of fused-ring (bicyclic) bond motifs is 2. The maximum absolute atomic E-state index is 12.8. The van der Waals surface area contributed by atoms with E-state index >= 15 is 0 Å². The van der Waals surface area contributed by atoms with Crippen LogP contribution in [0.2, 0.25) is 0 Å². The summed E-state index contributed by atoms with van der Waals surface area (Å²) < 4.78 is 5.92. The number of benzene rings is 1. The fourth-order valence-electron chi connectivity index (χ4n) is 4.70. The molecule has 2 aromatic rings. The molecule has 2 aliphatic heterocycles. The minimum Gasteiger partial charge on any atom is -0.483 e. The first kappa shape index (κ1) is 20.4. The highest BCUT2D eigenvalue weighted by Crippen LogP contribution is 2.29. The van der Waals surface area contributed by atoms with E-state index in [2.05, 4.69) is 34.3 Å². The predicted octanol–water partition coefficient (Wildman–Crippen LogP) is 3.91. The zero-order valence-electron chi connectivity index (χ0n) is 17.5. The van der Waals surface area contributed by atoms with E-state index in [0.29, 0.717) is 12.0 Å². The molecule has 4 rings (SSSR count). The van der Waals surface area contributed by atoms with Crippen molar-refractivity contribution in [3.05, 3.63) is 45.9 Å². The molecule has 2 atom stereocenters. The maximum atomic E-state index is 12.8. The van der Waals surface area contributed by atoms with Gasteiger partial charge < -0.3 is 9.64 Å². The number of ether oxygens (including phenoxy) is 1. The van der Waals surface area contributed by atoms with Crippen molar-refractivity contribution in [2.45, 2.75) is 51.6 Å². The lowest BCUT2D eigenvalue weighted by atomic mass is 9.86. The number of carbonyl (C=O) groups excluding carboxylic acids is 1. The van der Waals surface area contributed by atoms with Crippen molar-refractivity contribution < 1.29 is 9.53 Å². The number of likely N-dealkylation sites (N-methyl/N-ethyl adjacent to an activating group) is 1. The van der Waals surface area contributed by atoms with Crippen LogP contribution in [0.3, 0.4) is 0 Å². The number of thiazole rings is 1. The Kier molecular flexibility index (Phi) is 6.50. The molecule has 1 amide bonds. The van der Waals surface area contributed by atoms with Gasteiger partial charge in [-0.05, 0) is 50.2 Å². The van der Waals surface area contributed by atoms with Gasteiger partial charge in [-0.2, -0.15) is 0 Å². The Morgan fingerprint density at radius 3 is 2.93 bits per heavy atom. The SMILES string of the molecule is Cc1csc(CN2CC[C@@H]3[C@@H](CCCCc4ccccc4OCC(=O)N3C)C2)n1. The van der Waals surface area contributed by atoms with Gasteiger partial charge in [-0.15, -0.1) is 11.3 Å². The van der Waals surface area contributed by atoms with Gasteiger partial charge in [0.25, 0.3) is 5.91 Å². The first-order valence-corrected chi connectivity index (χ1v) is 11.6. The number of carbonyl (C=O) groups is 1. The monoisotopic (exact) mass is 413 g/mol. The fraction of sp³-hybridized carbons (Fsp3) is 0.565. The Bertz CT molecular complexity index is 837. The average Bonchev–Trinajstić information content (AvgIpc) is 3.13. The van der Waals surface area contributed by atoms with Gasteiger partial charge in [0.2, 0.25) is 0 Å². The molecule has 156 valence electrons. The average molecular weight is 414 g/mol. The molecule has 0 unspecified atom stereocenters. The second-order valence-electron chi connectivity index (χ2n) is 8.38. The molecule has 1 saturated heterocycles. The number of piperidine rings is 1. The summed E-state index contributed by atoms with van der Waals surface area (Å²) in [6, 6.07) is 8.44. The van der Waals surface area contributed by atoms with E-state index in [4.69, 9.17) is 4.74 Å². The van der Waals surface area contributed by atoms with E-state index < -0.39 is 0 Å². The van der Waals surface area contributed by atoms with Gasteiger partial charge in [0.15, 0.2) is 6.61 Å². The summed E-state index contributed by atoms with van der Waals surface area (Å²) in [6.07, 6.45) is 5.54. The first-order chi connectivity index (χ1) is 14.1. The van der Waals surface area contributed by atoms with E-state index in [1.807, 2.05) is 24.1 Å². The highest BCUT2D eigenvalue weighted by molar-refractivity contribution is 7.09. The number of hydrogen-bond donors (Lipinski definition) is 0. The number of hydrogen-bond acceptors (Lipinski definition) is 5. The van der Waals surface area contributed by atoms with E-state index in [-0.39, 0.29) is 12.5 Å². The maximum Gasteiger partial charge on any atom is 0.260 e. The van der Waals surface area contributed by atoms with Gasteiger partial charge in [0, 0.05) is 37.3 Å². The normalized spacial score (nSPS) is 24.1. The highest BCUT2D eigenvalue weighted by atomic mass is 32.1. The number of likely N-dealkylation sites (tertiary alicyclic amines) is 1. The quantitative estimate of drug-likeness (QED) is 0.749. The molecule has 0 aliphatic carbocycles. The van der Waals surface area contributed by atoms with Crippen molar-refractivity contribution in [1.82, 2.24) is 14.8 Å². The minimum atomic E-state index is 0.0828. The fourth-order valence-corrected chi connectivity index (χ4v) is 5.51. The lowest BCUT2D eigenvalue weighted by Crippen LogP contribution is -2.52. The Morgan fingerprint density at radius 1 is 1.24 bits per heavy atom. The Labute approximate surface area is 177 Å². The van der Waals surface area contributed by atoms with Crippen LogP contribution >= 0.6 is 11.3 Å². The zero-order valence-corrected chi connectivity index (χ0v) is 18.3. The topological polar surface area (TPSA) is 45.7 Å². The molecule has 1 aromatic carbocycles. The summed E-state index contributed by atoms with van der Waals surface area (Å²) in [5, 5.41) is 3.33. The number of rotatable bonds is 2. The van der Waals surface area contributed by atoms with Gasteiger partial charge in [0.1, 0.15) is 10.8 Å². The third kappa shape index (κ3) is 4.98. The zero-order chi connectivity index (χ0) is 20.2. The number of nitrogens with zero attached hydrogens (tertiary/aromatic N) is 3.